The molecule has 4 aromatic rings. The van der Waals surface area contributed by atoms with E-state index in [1.807, 2.05) is 37.3 Å². The minimum atomic E-state index is -0.256. The van der Waals surface area contributed by atoms with Crippen LogP contribution < -0.4 is 15.8 Å². The van der Waals surface area contributed by atoms with E-state index in [0.717, 1.165) is 27.6 Å². The summed E-state index contributed by atoms with van der Waals surface area (Å²) < 4.78 is 5.31. The van der Waals surface area contributed by atoms with E-state index in [4.69, 9.17) is 22.1 Å². The lowest BCUT2D eigenvalue weighted by molar-refractivity contribution is 0.102. The van der Waals surface area contributed by atoms with Gasteiger partial charge in [-0.3, -0.25) is 4.79 Å². The van der Waals surface area contributed by atoms with Crippen LogP contribution in [0.1, 0.15) is 15.9 Å². The van der Waals surface area contributed by atoms with Crippen LogP contribution in [0.4, 0.5) is 11.6 Å². The predicted molar refractivity (Wildman–Crippen MR) is 120 cm³/mol. The van der Waals surface area contributed by atoms with Gasteiger partial charge in [0.05, 0.1) is 23.3 Å². The van der Waals surface area contributed by atoms with E-state index in [1.165, 1.54) is 7.11 Å². The number of carbonyl (C=O) groups excluding carboxylic acids is 1. The van der Waals surface area contributed by atoms with Crippen LogP contribution in [0.25, 0.3) is 22.0 Å². The second-order valence-corrected chi connectivity index (χ2v) is 7.21. The third-order valence-electron chi connectivity index (χ3n) is 4.83. The third kappa shape index (κ3) is 3.77. The van der Waals surface area contributed by atoms with Crippen molar-refractivity contribution in [2.75, 3.05) is 18.2 Å². The van der Waals surface area contributed by atoms with Crippen LogP contribution in [-0.4, -0.2) is 23.0 Å². The number of amides is 1. The predicted octanol–water partition coefficient (Wildman–Crippen LogP) is 5.10. The fourth-order valence-electron chi connectivity index (χ4n) is 3.30. The molecule has 1 amide bonds. The Bertz CT molecular complexity index is 1270. The number of methoxy groups -OCH3 is 1. The first kappa shape index (κ1) is 19.7. The molecule has 0 saturated carbocycles. The van der Waals surface area contributed by atoms with Crippen LogP contribution in [-0.2, 0) is 0 Å². The SMILES string of the molecule is COc1c(Cl)cccc1NC(=O)c1ccc(C)c(-c2ccc3nc(N)ncc3c2)c1. The van der Waals surface area contributed by atoms with Crippen molar-refractivity contribution in [3.05, 3.63) is 76.9 Å². The number of ether oxygens (including phenoxy) is 1. The summed E-state index contributed by atoms with van der Waals surface area (Å²) in [6, 6.07) is 16.6. The molecular formula is C23H19ClN4O2. The van der Waals surface area contributed by atoms with Crippen molar-refractivity contribution in [3.8, 4) is 16.9 Å². The van der Waals surface area contributed by atoms with E-state index in [0.29, 0.717) is 22.0 Å². The van der Waals surface area contributed by atoms with Crippen molar-refractivity contribution in [1.29, 1.82) is 0 Å². The summed E-state index contributed by atoms with van der Waals surface area (Å²) in [6.45, 7) is 2.00. The molecule has 3 aromatic carbocycles. The molecule has 4 rings (SSSR count). The maximum absolute atomic E-state index is 12.9. The Hall–Kier alpha value is -3.64. The van der Waals surface area contributed by atoms with E-state index < -0.39 is 0 Å². The van der Waals surface area contributed by atoms with Crippen LogP contribution in [0.15, 0.2) is 60.8 Å². The summed E-state index contributed by atoms with van der Waals surface area (Å²) in [5.74, 6) is 0.406. The molecule has 3 N–H and O–H groups in total. The number of nitrogen functional groups attached to an aromatic ring is 1. The Morgan fingerprint density at radius 3 is 2.77 bits per heavy atom. The number of rotatable bonds is 4. The highest BCUT2D eigenvalue weighted by Crippen LogP contribution is 2.33. The van der Waals surface area contributed by atoms with Crippen molar-refractivity contribution in [2.24, 2.45) is 0 Å². The van der Waals surface area contributed by atoms with E-state index in [9.17, 15) is 4.79 Å². The van der Waals surface area contributed by atoms with Crippen LogP contribution in [0.3, 0.4) is 0 Å². The molecule has 0 aliphatic heterocycles. The van der Waals surface area contributed by atoms with E-state index in [2.05, 4.69) is 15.3 Å². The van der Waals surface area contributed by atoms with Crippen molar-refractivity contribution in [3.63, 3.8) is 0 Å². The van der Waals surface area contributed by atoms with E-state index >= 15 is 0 Å². The van der Waals surface area contributed by atoms with Crippen molar-refractivity contribution < 1.29 is 9.53 Å². The van der Waals surface area contributed by atoms with Gasteiger partial charge < -0.3 is 15.8 Å². The lowest BCUT2D eigenvalue weighted by Gasteiger charge is -2.13. The number of benzene rings is 3. The fourth-order valence-corrected chi connectivity index (χ4v) is 3.55. The number of halogens is 1. The molecule has 0 atom stereocenters. The maximum Gasteiger partial charge on any atom is 0.255 e. The first-order valence-corrected chi connectivity index (χ1v) is 9.61. The molecule has 30 heavy (non-hydrogen) atoms. The second kappa shape index (κ2) is 8.00. The minimum absolute atomic E-state index is 0.238. The summed E-state index contributed by atoms with van der Waals surface area (Å²) in [5, 5.41) is 4.17. The Kier molecular flexibility index (Phi) is 5.25. The summed E-state index contributed by atoms with van der Waals surface area (Å²) in [7, 11) is 1.51. The largest absolute Gasteiger partial charge is 0.493 e. The summed E-state index contributed by atoms with van der Waals surface area (Å²) in [6.07, 6.45) is 1.69. The molecule has 0 aliphatic rings. The number of anilines is 2. The van der Waals surface area contributed by atoms with Gasteiger partial charge in [0.15, 0.2) is 5.75 Å². The number of nitrogens with zero attached hydrogens (tertiary/aromatic N) is 2. The van der Waals surface area contributed by atoms with Gasteiger partial charge in [-0.25, -0.2) is 9.97 Å². The van der Waals surface area contributed by atoms with E-state index in [1.54, 1.807) is 30.5 Å². The standard InChI is InChI=1S/C23H19ClN4O2/c1-13-6-7-15(22(29)27-20-5-3-4-18(24)21(20)30-2)11-17(13)14-8-9-19-16(10-14)12-26-23(25)28-19/h3-12H,1-2H3,(H,27,29)(H2,25,26,28). The first-order chi connectivity index (χ1) is 14.5. The number of nitrogens with one attached hydrogen (secondary N) is 1. The highest BCUT2D eigenvalue weighted by atomic mass is 35.5. The van der Waals surface area contributed by atoms with Gasteiger partial charge in [0.2, 0.25) is 5.95 Å². The smallest absolute Gasteiger partial charge is 0.255 e. The fraction of sp³-hybridized carbons (Fsp3) is 0.0870. The number of aromatic nitrogens is 2. The number of para-hydroxylation sites is 1. The molecule has 150 valence electrons. The maximum atomic E-state index is 12.9. The minimum Gasteiger partial charge on any atom is -0.493 e. The molecule has 0 saturated heterocycles. The highest BCUT2D eigenvalue weighted by Gasteiger charge is 2.14. The summed E-state index contributed by atoms with van der Waals surface area (Å²) >= 11 is 6.15. The van der Waals surface area contributed by atoms with Gasteiger partial charge in [-0.15, -0.1) is 0 Å². The average Bonchev–Trinajstić information content (AvgIpc) is 2.74. The Morgan fingerprint density at radius 2 is 1.97 bits per heavy atom. The van der Waals surface area contributed by atoms with Crippen molar-refractivity contribution >= 4 is 40.0 Å². The molecule has 7 heteroatoms. The normalized spacial score (nSPS) is 10.8. The van der Waals surface area contributed by atoms with E-state index in [-0.39, 0.29) is 11.9 Å². The lowest BCUT2D eigenvalue weighted by atomic mass is 9.97. The molecule has 0 fully saturated rings. The molecule has 6 nitrogen and oxygen atoms in total. The van der Waals surface area contributed by atoms with Gasteiger partial charge in [-0.1, -0.05) is 29.8 Å². The number of nitrogens with two attached hydrogens (primary N) is 1. The monoisotopic (exact) mass is 418 g/mol. The lowest BCUT2D eigenvalue weighted by Crippen LogP contribution is -2.13. The van der Waals surface area contributed by atoms with Crippen LogP contribution >= 0.6 is 11.6 Å². The molecule has 0 radical (unpaired) electrons. The molecule has 0 spiro atoms. The summed E-state index contributed by atoms with van der Waals surface area (Å²) in [5.41, 5.74) is 10.4. The zero-order chi connectivity index (χ0) is 21.3. The number of fused-ring (bicyclic) bond motifs is 1. The molecule has 1 aromatic heterocycles. The van der Waals surface area contributed by atoms with Crippen LogP contribution in [0.5, 0.6) is 5.75 Å². The van der Waals surface area contributed by atoms with Gasteiger partial charge >= 0.3 is 0 Å². The second-order valence-electron chi connectivity index (χ2n) is 6.81. The van der Waals surface area contributed by atoms with Crippen molar-refractivity contribution in [2.45, 2.75) is 6.92 Å². The zero-order valence-corrected chi connectivity index (χ0v) is 17.2. The average molecular weight is 419 g/mol. The van der Waals surface area contributed by atoms with Crippen LogP contribution in [0, 0.1) is 6.92 Å². The van der Waals surface area contributed by atoms with Gasteiger partial charge in [0, 0.05) is 17.1 Å². The Labute approximate surface area is 178 Å². The molecule has 0 aliphatic carbocycles. The number of hydrogen-bond acceptors (Lipinski definition) is 5. The zero-order valence-electron chi connectivity index (χ0n) is 16.4. The number of hydrogen-bond donors (Lipinski definition) is 2. The number of carbonyl (C=O) groups is 1. The highest BCUT2D eigenvalue weighted by molar-refractivity contribution is 6.32. The molecular weight excluding hydrogens is 400 g/mol. The van der Waals surface area contributed by atoms with Gasteiger partial charge in [-0.2, -0.15) is 0 Å². The Morgan fingerprint density at radius 1 is 1.13 bits per heavy atom. The molecule has 1 heterocycles. The molecule has 0 bridgehead atoms. The number of aryl methyl sites for hydroxylation is 1. The first-order valence-electron chi connectivity index (χ1n) is 9.23. The third-order valence-corrected chi connectivity index (χ3v) is 5.13. The Balaban J connectivity index is 1.69. The topological polar surface area (TPSA) is 90.1 Å². The van der Waals surface area contributed by atoms with Gasteiger partial charge in [0.25, 0.3) is 5.91 Å². The van der Waals surface area contributed by atoms with Gasteiger partial charge in [0.1, 0.15) is 0 Å². The van der Waals surface area contributed by atoms with Crippen LogP contribution in [0.2, 0.25) is 5.02 Å². The van der Waals surface area contributed by atoms with Gasteiger partial charge in [-0.05, 0) is 60.0 Å². The quantitative estimate of drug-likeness (QED) is 0.481. The summed E-state index contributed by atoms with van der Waals surface area (Å²) in [4.78, 5) is 21.2. The molecule has 0 unspecified atom stereocenters. The van der Waals surface area contributed by atoms with Crippen molar-refractivity contribution in [1.82, 2.24) is 9.97 Å².